The lowest BCUT2D eigenvalue weighted by atomic mass is 10.3. The highest BCUT2D eigenvalue weighted by molar-refractivity contribution is 6.37. The molecule has 0 atom stereocenters. The smallest absolute Gasteiger partial charge is 0.354 e. The molecule has 0 amide bonds. The van der Waals surface area contributed by atoms with Crippen molar-refractivity contribution in [3.63, 3.8) is 0 Å². The lowest BCUT2D eigenvalue weighted by Crippen LogP contribution is -2.15. The van der Waals surface area contributed by atoms with Crippen LogP contribution in [0.5, 0.6) is 0 Å². The SMILES string of the molecule is CCOC(=O)C(C)=NNc1ccc(Cl)cc1Cl. The van der Waals surface area contributed by atoms with Crippen molar-refractivity contribution in [1.29, 1.82) is 0 Å². The standard InChI is InChI=1S/C11H12Cl2N2O2/c1-3-17-11(16)7(2)14-15-10-5-4-8(12)6-9(10)13/h4-6,15H,3H2,1-2H3. The van der Waals surface area contributed by atoms with E-state index in [4.69, 9.17) is 27.9 Å². The summed E-state index contributed by atoms with van der Waals surface area (Å²) in [5, 5.41) is 4.83. The van der Waals surface area contributed by atoms with Crippen molar-refractivity contribution in [2.24, 2.45) is 5.10 Å². The molecule has 0 saturated carbocycles. The van der Waals surface area contributed by atoms with Gasteiger partial charge in [0.25, 0.3) is 0 Å². The van der Waals surface area contributed by atoms with Gasteiger partial charge < -0.3 is 4.74 Å². The third kappa shape index (κ3) is 4.24. The minimum absolute atomic E-state index is 0.220. The predicted molar refractivity (Wildman–Crippen MR) is 69.8 cm³/mol. The molecule has 4 nitrogen and oxygen atoms in total. The highest BCUT2D eigenvalue weighted by atomic mass is 35.5. The van der Waals surface area contributed by atoms with Crippen molar-refractivity contribution < 1.29 is 9.53 Å². The van der Waals surface area contributed by atoms with Crippen LogP contribution in [0.15, 0.2) is 23.3 Å². The lowest BCUT2D eigenvalue weighted by Gasteiger charge is -2.05. The topological polar surface area (TPSA) is 50.7 Å². The van der Waals surface area contributed by atoms with Crippen molar-refractivity contribution >= 4 is 40.6 Å². The molecular formula is C11H12Cl2N2O2. The van der Waals surface area contributed by atoms with Crippen molar-refractivity contribution in [2.75, 3.05) is 12.0 Å². The fraction of sp³-hybridized carbons (Fsp3) is 0.273. The summed E-state index contributed by atoms with van der Waals surface area (Å²) < 4.78 is 4.78. The predicted octanol–water partition coefficient (Wildman–Crippen LogP) is 3.34. The van der Waals surface area contributed by atoms with E-state index in [1.165, 1.54) is 0 Å². The van der Waals surface area contributed by atoms with Gasteiger partial charge in [-0.15, -0.1) is 0 Å². The lowest BCUT2D eigenvalue weighted by molar-refractivity contribution is -0.135. The quantitative estimate of drug-likeness (QED) is 0.521. The molecule has 17 heavy (non-hydrogen) atoms. The van der Waals surface area contributed by atoms with E-state index in [0.29, 0.717) is 22.3 Å². The van der Waals surface area contributed by atoms with Crippen molar-refractivity contribution in [2.45, 2.75) is 13.8 Å². The Balaban J connectivity index is 2.72. The van der Waals surface area contributed by atoms with Crippen LogP contribution < -0.4 is 5.43 Å². The maximum atomic E-state index is 11.3. The van der Waals surface area contributed by atoms with Crippen LogP contribution in [0.25, 0.3) is 0 Å². The minimum Gasteiger partial charge on any atom is -0.461 e. The minimum atomic E-state index is -0.468. The van der Waals surface area contributed by atoms with Gasteiger partial charge in [0.05, 0.1) is 17.3 Å². The second-order valence-electron chi connectivity index (χ2n) is 3.15. The van der Waals surface area contributed by atoms with E-state index in [0.717, 1.165) is 0 Å². The number of nitrogens with zero attached hydrogens (tertiary/aromatic N) is 1. The maximum absolute atomic E-state index is 11.3. The summed E-state index contributed by atoms with van der Waals surface area (Å²) in [7, 11) is 0. The van der Waals surface area contributed by atoms with E-state index in [1.54, 1.807) is 32.0 Å². The maximum Gasteiger partial charge on any atom is 0.354 e. The molecule has 6 heteroatoms. The van der Waals surface area contributed by atoms with E-state index < -0.39 is 5.97 Å². The molecule has 1 aromatic carbocycles. The summed E-state index contributed by atoms with van der Waals surface area (Å²) in [4.78, 5) is 11.3. The molecule has 1 rings (SSSR count). The van der Waals surface area contributed by atoms with Gasteiger partial charge in [-0.3, -0.25) is 5.43 Å². The molecule has 0 aliphatic heterocycles. The van der Waals surface area contributed by atoms with Crippen LogP contribution in [0.2, 0.25) is 10.0 Å². The van der Waals surface area contributed by atoms with E-state index in [2.05, 4.69) is 10.5 Å². The van der Waals surface area contributed by atoms with Gasteiger partial charge in [0.15, 0.2) is 0 Å². The number of carbonyl (C=O) groups excluding carboxylic acids is 1. The van der Waals surface area contributed by atoms with Crippen LogP contribution in [0.1, 0.15) is 13.8 Å². The van der Waals surface area contributed by atoms with Gasteiger partial charge in [-0.05, 0) is 32.0 Å². The summed E-state index contributed by atoms with van der Waals surface area (Å²) >= 11 is 11.7. The van der Waals surface area contributed by atoms with Crippen LogP contribution in [0.3, 0.4) is 0 Å². The normalized spacial score (nSPS) is 11.2. The first-order valence-electron chi connectivity index (χ1n) is 4.97. The number of hydrazone groups is 1. The van der Waals surface area contributed by atoms with Crippen LogP contribution in [0.4, 0.5) is 5.69 Å². The van der Waals surface area contributed by atoms with E-state index in [-0.39, 0.29) is 5.71 Å². The second-order valence-corrected chi connectivity index (χ2v) is 4.00. The molecule has 1 aromatic rings. The molecule has 0 radical (unpaired) electrons. The van der Waals surface area contributed by atoms with Gasteiger partial charge >= 0.3 is 5.97 Å². The Bertz CT molecular complexity index is 447. The summed E-state index contributed by atoms with van der Waals surface area (Å²) in [6.07, 6.45) is 0. The molecule has 0 saturated heterocycles. The number of anilines is 1. The third-order valence-electron chi connectivity index (χ3n) is 1.85. The number of nitrogens with one attached hydrogen (secondary N) is 1. The summed E-state index contributed by atoms with van der Waals surface area (Å²) in [5.74, 6) is -0.468. The number of hydrogen-bond donors (Lipinski definition) is 1. The monoisotopic (exact) mass is 274 g/mol. The highest BCUT2D eigenvalue weighted by Crippen LogP contribution is 2.25. The van der Waals surface area contributed by atoms with E-state index in [1.807, 2.05) is 0 Å². The van der Waals surface area contributed by atoms with Crippen molar-refractivity contribution in [3.8, 4) is 0 Å². The Morgan fingerprint density at radius 2 is 2.18 bits per heavy atom. The van der Waals surface area contributed by atoms with Gasteiger partial charge in [0, 0.05) is 5.02 Å². The fourth-order valence-corrected chi connectivity index (χ4v) is 1.46. The van der Waals surface area contributed by atoms with Crippen molar-refractivity contribution in [3.05, 3.63) is 28.2 Å². The zero-order chi connectivity index (χ0) is 12.8. The number of hydrogen-bond acceptors (Lipinski definition) is 4. The first kappa shape index (κ1) is 13.8. The average molecular weight is 275 g/mol. The zero-order valence-electron chi connectivity index (χ0n) is 9.46. The first-order chi connectivity index (χ1) is 8.04. The average Bonchev–Trinajstić information content (AvgIpc) is 2.27. The molecule has 0 bridgehead atoms. The summed E-state index contributed by atoms with van der Waals surface area (Å²) in [6.45, 7) is 3.59. The van der Waals surface area contributed by atoms with Gasteiger partial charge in [-0.2, -0.15) is 5.10 Å². The molecule has 0 aliphatic rings. The number of halogens is 2. The number of carbonyl (C=O) groups is 1. The first-order valence-corrected chi connectivity index (χ1v) is 5.72. The Labute approximate surface area is 110 Å². The number of ether oxygens (including phenoxy) is 1. The second kappa shape index (κ2) is 6.47. The van der Waals surface area contributed by atoms with Gasteiger partial charge in [-0.25, -0.2) is 4.79 Å². The molecule has 0 heterocycles. The van der Waals surface area contributed by atoms with E-state index in [9.17, 15) is 4.79 Å². The Morgan fingerprint density at radius 3 is 2.76 bits per heavy atom. The highest BCUT2D eigenvalue weighted by Gasteiger charge is 2.06. The molecule has 0 aromatic heterocycles. The number of benzene rings is 1. The Kier molecular flexibility index (Phi) is 5.25. The zero-order valence-corrected chi connectivity index (χ0v) is 11.0. The molecule has 92 valence electrons. The van der Waals surface area contributed by atoms with Gasteiger partial charge in [-0.1, -0.05) is 23.2 Å². The third-order valence-corrected chi connectivity index (χ3v) is 2.39. The number of esters is 1. The van der Waals surface area contributed by atoms with Crippen molar-refractivity contribution in [1.82, 2.24) is 0 Å². The van der Waals surface area contributed by atoms with Crippen LogP contribution in [-0.2, 0) is 9.53 Å². The Hall–Kier alpha value is -1.26. The van der Waals surface area contributed by atoms with Crippen LogP contribution in [-0.4, -0.2) is 18.3 Å². The molecule has 0 aliphatic carbocycles. The summed E-state index contributed by atoms with van der Waals surface area (Å²) in [5.41, 5.74) is 3.47. The van der Waals surface area contributed by atoms with Crippen LogP contribution >= 0.6 is 23.2 Å². The fourth-order valence-electron chi connectivity index (χ4n) is 1.01. The molecule has 1 N–H and O–H groups in total. The molecular weight excluding hydrogens is 263 g/mol. The van der Waals surface area contributed by atoms with E-state index >= 15 is 0 Å². The molecule has 0 spiro atoms. The van der Waals surface area contributed by atoms with Gasteiger partial charge in [0.2, 0.25) is 0 Å². The van der Waals surface area contributed by atoms with Gasteiger partial charge in [0.1, 0.15) is 5.71 Å². The largest absolute Gasteiger partial charge is 0.461 e. The van der Waals surface area contributed by atoms with Crippen LogP contribution in [0, 0.1) is 0 Å². The molecule has 0 unspecified atom stereocenters. The number of rotatable bonds is 4. The Morgan fingerprint density at radius 1 is 1.47 bits per heavy atom. The molecule has 0 fully saturated rings. The summed E-state index contributed by atoms with van der Waals surface area (Å²) in [6, 6.07) is 4.93.